The van der Waals surface area contributed by atoms with Crippen LogP contribution in [0.4, 0.5) is 4.39 Å². The molecule has 2 aromatic carbocycles. The summed E-state index contributed by atoms with van der Waals surface area (Å²) in [5.74, 6) is -0.208. The van der Waals surface area contributed by atoms with Gasteiger partial charge >= 0.3 is 0 Å². The van der Waals surface area contributed by atoms with E-state index in [1.54, 1.807) is 12.1 Å². The molecule has 94 valence electrons. The van der Waals surface area contributed by atoms with Crippen LogP contribution in [-0.4, -0.2) is 10.5 Å². The first-order valence-corrected chi connectivity index (χ1v) is 6.76. The predicted octanol–water partition coefficient (Wildman–Crippen LogP) is 3.02. The topological polar surface area (TPSA) is 9.23 Å². The zero-order valence-corrected chi connectivity index (χ0v) is 12.9. The van der Waals surface area contributed by atoms with E-state index in [1.165, 1.54) is 12.1 Å². The maximum Gasteiger partial charge on any atom is 0.147 e. The van der Waals surface area contributed by atoms with Crippen molar-refractivity contribution in [1.29, 1.82) is 0 Å². The molecule has 0 N–H and O–H groups in total. The molecular formula is C15H17FOSi. The Morgan fingerprint density at radius 2 is 1.33 bits per heavy atom. The van der Waals surface area contributed by atoms with Crippen LogP contribution in [0.25, 0.3) is 11.1 Å². The second-order valence-corrected chi connectivity index (χ2v) is 5.21. The summed E-state index contributed by atoms with van der Waals surface area (Å²) in [5.41, 5.74) is 3.03. The lowest BCUT2D eigenvalue weighted by Gasteiger charge is -2.24. The van der Waals surface area contributed by atoms with Gasteiger partial charge in [-0.3, -0.25) is 0 Å². The molecule has 0 unspecified atom stereocenters. The van der Waals surface area contributed by atoms with Crippen molar-refractivity contribution in [2.75, 3.05) is 0 Å². The zero-order valence-electron chi connectivity index (χ0n) is 10.9. The molecule has 0 aromatic heterocycles. The molecule has 0 amide bonds. The minimum Gasteiger partial charge on any atom is -0.419 e. The zero-order chi connectivity index (χ0) is 13.2. The molecular weight excluding hydrogens is 243 g/mol. The Hall–Kier alpha value is -1.45. The van der Waals surface area contributed by atoms with Gasteiger partial charge in [0.25, 0.3) is 0 Å². The second kappa shape index (κ2) is 5.04. The predicted molar refractivity (Wildman–Crippen MR) is 75.9 cm³/mol. The van der Waals surface area contributed by atoms with Crippen molar-refractivity contribution in [3.63, 3.8) is 0 Å². The Kier molecular flexibility index (Phi) is 3.64. The Labute approximate surface area is 110 Å². The van der Waals surface area contributed by atoms with Crippen LogP contribution in [0.15, 0.2) is 48.5 Å². The molecule has 0 fully saturated rings. The van der Waals surface area contributed by atoms with E-state index in [0.717, 1.165) is 16.7 Å². The van der Waals surface area contributed by atoms with Crippen LogP contribution in [-0.2, 0) is 10.0 Å². The van der Waals surface area contributed by atoms with Crippen molar-refractivity contribution in [3.8, 4) is 11.1 Å². The monoisotopic (exact) mass is 260 g/mol. The molecule has 0 saturated heterocycles. The molecule has 0 bridgehead atoms. The van der Waals surface area contributed by atoms with Crippen molar-refractivity contribution < 1.29 is 8.82 Å². The summed E-state index contributed by atoms with van der Waals surface area (Å²) in [6, 6.07) is 14.8. The van der Waals surface area contributed by atoms with Gasteiger partial charge in [0.05, 0.1) is 5.60 Å². The van der Waals surface area contributed by atoms with Crippen molar-refractivity contribution >= 4 is 10.5 Å². The van der Waals surface area contributed by atoms with E-state index in [2.05, 4.69) is 26.0 Å². The van der Waals surface area contributed by atoms with Crippen LogP contribution >= 0.6 is 0 Å². The first-order chi connectivity index (χ1) is 8.53. The highest BCUT2D eigenvalue weighted by Gasteiger charge is 2.18. The molecule has 0 aliphatic rings. The Bertz CT molecular complexity index is 517. The van der Waals surface area contributed by atoms with Crippen molar-refractivity contribution in [1.82, 2.24) is 0 Å². The molecule has 0 atom stereocenters. The fourth-order valence-corrected chi connectivity index (χ4v) is 2.06. The van der Waals surface area contributed by atoms with E-state index in [0.29, 0.717) is 10.5 Å². The number of hydrogen-bond donors (Lipinski definition) is 0. The van der Waals surface area contributed by atoms with Crippen LogP contribution < -0.4 is 0 Å². The van der Waals surface area contributed by atoms with Gasteiger partial charge in [-0.15, -0.1) is 0 Å². The molecule has 0 radical (unpaired) electrons. The van der Waals surface area contributed by atoms with Gasteiger partial charge in [0.2, 0.25) is 0 Å². The third-order valence-corrected chi connectivity index (χ3v) is 4.29. The van der Waals surface area contributed by atoms with E-state index >= 15 is 0 Å². The second-order valence-electron chi connectivity index (χ2n) is 4.80. The highest BCUT2D eigenvalue weighted by molar-refractivity contribution is 5.98. The van der Waals surface area contributed by atoms with Crippen molar-refractivity contribution in [2.45, 2.75) is 19.4 Å². The van der Waals surface area contributed by atoms with E-state index in [-0.39, 0.29) is 11.4 Å². The van der Waals surface area contributed by atoms with Crippen molar-refractivity contribution in [3.05, 3.63) is 59.9 Å². The largest absolute Gasteiger partial charge is 0.419 e. The maximum atomic E-state index is 12.9. The SMILES string of the molecule is CC(C)(O[SiH3])c1ccc(-c2ccc(F)cc2)cc1. The Morgan fingerprint density at radius 1 is 0.889 bits per heavy atom. The van der Waals surface area contributed by atoms with Gasteiger partial charge in [0.1, 0.15) is 16.3 Å². The molecule has 0 saturated carbocycles. The van der Waals surface area contributed by atoms with Crippen LogP contribution in [0.1, 0.15) is 19.4 Å². The molecule has 0 aliphatic carbocycles. The maximum absolute atomic E-state index is 12.9. The summed E-state index contributed by atoms with van der Waals surface area (Å²) in [6.45, 7) is 4.12. The number of benzene rings is 2. The summed E-state index contributed by atoms with van der Waals surface area (Å²) in [5, 5.41) is 0. The quantitative estimate of drug-likeness (QED) is 0.771. The Morgan fingerprint density at radius 3 is 1.78 bits per heavy atom. The number of rotatable bonds is 3. The minimum atomic E-state index is -0.229. The number of hydrogen-bond acceptors (Lipinski definition) is 1. The van der Waals surface area contributed by atoms with Gasteiger partial charge in [-0.1, -0.05) is 36.4 Å². The highest BCUT2D eigenvalue weighted by atomic mass is 28.2. The smallest absolute Gasteiger partial charge is 0.147 e. The van der Waals surface area contributed by atoms with Gasteiger partial charge < -0.3 is 4.43 Å². The lowest BCUT2D eigenvalue weighted by molar-refractivity contribution is 0.123. The average molecular weight is 260 g/mol. The fourth-order valence-electron chi connectivity index (χ4n) is 1.82. The average Bonchev–Trinajstić information content (AvgIpc) is 2.40. The first kappa shape index (κ1) is 13.0. The highest BCUT2D eigenvalue weighted by Crippen LogP contribution is 2.26. The lowest BCUT2D eigenvalue weighted by Crippen LogP contribution is -2.19. The molecule has 3 heteroatoms. The molecule has 0 heterocycles. The summed E-state index contributed by atoms with van der Waals surface area (Å²) in [7, 11) is 0.713. The minimum absolute atomic E-state index is 0.208. The van der Waals surface area contributed by atoms with Crippen molar-refractivity contribution in [2.24, 2.45) is 0 Å². The third kappa shape index (κ3) is 2.68. The molecule has 18 heavy (non-hydrogen) atoms. The van der Waals surface area contributed by atoms with E-state index < -0.39 is 0 Å². The van der Waals surface area contributed by atoms with Gasteiger partial charge in [-0.25, -0.2) is 4.39 Å². The first-order valence-electron chi connectivity index (χ1n) is 5.94. The van der Waals surface area contributed by atoms with E-state index in [1.807, 2.05) is 12.1 Å². The molecule has 2 rings (SSSR count). The van der Waals surface area contributed by atoms with E-state index in [4.69, 9.17) is 4.43 Å². The van der Waals surface area contributed by atoms with Gasteiger partial charge in [0.15, 0.2) is 0 Å². The normalized spacial score (nSPS) is 11.7. The van der Waals surface area contributed by atoms with Crippen LogP contribution in [0.2, 0.25) is 0 Å². The third-order valence-electron chi connectivity index (χ3n) is 3.27. The molecule has 2 aromatic rings. The summed E-state index contributed by atoms with van der Waals surface area (Å²) >= 11 is 0. The van der Waals surface area contributed by atoms with Gasteiger partial charge in [0, 0.05) is 0 Å². The number of halogens is 1. The van der Waals surface area contributed by atoms with Crippen LogP contribution in [0.5, 0.6) is 0 Å². The Balaban J connectivity index is 2.30. The van der Waals surface area contributed by atoms with Gasteiger partial charge in [-0.2, -0.15) is 0 Å². The standard InChI is InChI=1S/C15H17FOSi/c1-15(2,17-18)13-7-3-11(4-8-13)12-5-9-14(16)10-6-12/h3-10H,1-2,18H3. The van der Waals surface area contributed by atoms with Gasteiger partial charge in [-0.05, 0) is 42.7 Å². The molecule has 0 spiro atoms. The summed E-state index contributed by atoms with van der Waals surface area (Å²) < 4.78 is 18.4. The summed E-state index contributed by atoms with van der Waals surface area (Å²) in [4.78, 5) is 0. The summed E-state index contributed by atoms with van der Waals surface area (Å²) in [6.07, 6.45) is 0. The molecule has 0 aliphatic heterocycles. The van der Waals surface area contributed by atoms with Crippen LogP contribution in [0, 0.1) is 5.82 Å². The van der Waals surface area contributed by atoms with E-state index in [9.17, 15) is 4.39 Å². The van der Waals surface area contributed by atoms with Crippen LogP contribution in [0.3, 0.4) is 0 Å². The molecule has 1 nitrogen and oxygen atoms in total. The lowest BCUT2D eigenvalue weighted by atomic mass is 9.95. The fraction of sp³-hybridized carbons (Fsp3) is 0.200.